The van der Waals surface area contributed by atoms with Gasteiger partial charge in [0.15, 0.2) is 0 Å². The number of benzene rings is 2. The van der Waals surface area contributed by atoms with Gasteiger partial charge >= 0.3 is 5.97 Å². The van der Waals surface area contributed by atoms with Gasteiger partial charge in [0.2, 0.25) is 0 Å². The van der Waals surface area contributed by atoms with Gasteiger partial charge < -0.3 is 19.3 Å². The van der Waals surface area contributed by atoms with Crippen LogP contribution in [0.4, 0.5) is 0 Å². The molecule has 0 spiro atoms. The molecule has 1 atom stereocenters. The minimum absolute atomic E-state index is 0.0360. The molecule has 33 heavy (non-hydrogen) atoms. The van der Waals surface area contributed by atoms with Crippen molar-refractivity contribution in [3.63, 3.8) is 0 Å². The van der Waals surface area contributed by atoms with Crippen LogP contribution in [0, 0.1) is 0 Å². The fourth-order valence-electron chi connectivity index (χ4n) is 3.76. The second-order valence-electron chi connectivity index (χ2n) is 8.40. The summed E-state index contributed by atoms with van der Waals surface area (Å²) in [5.74, 6) is 1.46. The maximum Gasteiger partial charge on any atom is 0.338 e. The van der Waals surface area contributed by atoms with Gasteiger partial charge in [-0.2, -0.15) is 0 Å². The second kappa shape index (κ2) is 17.0. The first-order valence-corrected chi connectivity index (χ1v) is 12.4. The molecule has 0 bridgehead atoms. The van der Waals surface area contributed by atoms with Gasteiger partial charge in [-0.05, 0) is 74.9 Å². The van der Waals surface area contributed by atoms with E-state index in [1.54, 1.807) is 19.2 Å². The van der Waals surface area contributed by atoms with Gasteiger partial charge in [0.1, 0.15) is 17.6 Å². The van der Waals surface area contributed by atoms with E-state index >= 15 is 0 Å². The highest BCUT2D eigenvalue weighted by molar-refractivity contribution is 5.89. The van der Waals surface area contributed by atoms with Crippen molar-refractivity contribution in [2.24, 2.45) is 0 Å². The molecule has 182 valence electrons. The van der Waals surface area contributed by atoms with Crippen LogP contribution in [0.25, 0.3) is 0 Å². The van der Waals surface area contributed by atoms with E-state index in [1.165, 1.54) is 0 Å². The number of hydrogen-bond donors (Lipinski definition) is 1. The fourth-order valence-corrected chi connectivity index (χ4v) is 3.76. The van der Waals surface area contributed by atoms with Crippen molar-refractivity contribution in [1.29, 1.82) is 0 Å². The van der Waals surface area contributed by atoms with Crippen molar-refractivity contribution in [2.45, 2.75) is 76.7 Å². The van der Waals surface area contributed by atoms with Crippen LogP contribution < -0.4 is 9.47 Å². The molecule has 1 N–H and O–H groups in total. The number of methoxy groups -OCH3 is 1. The summed E-state index contributed by atoms with van der Waals surface area (Å²) in [6, 6.07) is 16.9. The van der Waals surface area contributed by atoms with E-state index in [0.29, 0.717) is 12.2 Å². The molecule has 2 rings (SSSR count). The number of carbonyl (C=O) groups is 1. The van der Waals surface area contributed by atoms with E-state index in [1.807, 2.05) is 42.5 Å². The van der Waals surface area contributed by atoms with Crippen molar-refractivity contribution in [2.75, 3.05) is 20.3 Å². The molecule has 0 radical (unpaired) electrons. The van der Waals surface area contributed by atoms with Crippen molar-refractivity contribution < 1.29 is 24.1 Å². The standard InChI is InChI=1S/C28H40O5/c1-31-25-18-20-26(21-19-25)32-23-13-6-4-11-17-27(16-10-3-2-5-12-22-29)33-28(30)24-14-8-7-9-15-24/h7-9,14-15,18-21,27,29H,2-6,10-13,16-17,22-23H2,1H3. The van der Waals surface area contributed by atoms with Gasteiger partial charge in [-0.1, -0.05) is 50.3 Å². The van der Waals surface area contributed by atoms with E-state index in [9.17, 15) is 4.79 Å². The summed E-state index contributed by atoms with van der Waals surface area (Å²) in [6.07, 6.45) is 11.2. The average molecular weight is 457 g/mol. The molecule has 0 saturated carbocycles. The van der Waals surface area contributed by atoms with Gasteiger partial charge in [-0.3, -0.25) is 0 Å². The molecule has 0 amide bonds. The van der Waals surface area contributed by atoms with Crippen LogP contribution >= 0.6 is 0 Å². The van der Waals surface area contributed by atoms with Crippen molar-refractivity contribution in [3.8, 4) is 11.5 Å². The predicted molar refractivity (Wildman–Crippen MR) is 132 cm³/mol. The zero-order valence-corrected chi connectivity index (χ0v) is 20.0. The van der Waals surface area contributed by atoms with Crippen LogP contribution in [0.1, 0.15) is 81.0 Å². The first kappa shape index (κ1) is 26.7. The van der Waals surface area contributed by atoms with Gasteiger partial charge in [0.05, 0.1) is 19.3 Å². The summed E-state index contributed by atoms with van der Waals surface area (Å²) < 4.78 is 16.8. The Morgan fingerprint density at radius 1 is 0.758 bits per heavy atom. The molecule has 0 aromatic heterocycles. The summed E-state index contributed by atoms with van der Waals surface area (Å²) in [6.45, 7) is 0.967. The smallest absolute Gasteiger partial charge is 0.338 e. The van der Waals surface area contributed by atoms with Crippen LogP contribution in [0.3, 0.4) is 0 Å². The molecule has 1 unspecified atom stereocenters. The van der Waals surface area contributed by atoms with Crippen LogP contribution in [0.5, 0.6) is 11.5 Å². The van der Waals surface area contributed by atoms with Crippen LogP contribution in [0.2, 0.25) is 0 Å². The zero-order chi connectivity index (χ0) is 23.6. The highest BCUT2D eigenvalue weighted by atomic mass is 16.5. The number of esters is 1. The molecule has 0 aliphatic carbocycles. The lowest BCUT2D eigenvalue weighted by atomic mass is 10.0. The van der Waals surface area contributed by atoms with Crippen LogP contribution in [0.15, 0.2) is 54.6 Å². The lowest BCUT2D eigenvalue weighted by Gasteiger charge is -2.18. The van der Waals surface area contributed by atoms with E-state index in [2.05, 4.69) is 0 Å². The second-order valence-corrected chi connectivity index (χ2v) is 8.40. The summed E-state index contributed by atoms with van der Waals surface area (Å²) in [4.78, 5) is 12.5. The molecule has 0 aliphatic heterocycles. The lowest BCUT2D eigenvalue weighted by molar-refractivity contribution is 0.0248. The number of hydrogen-bond acceptors (Lipinski definition) is 5. The predicted octanol–water partition coefficient (Wildman–Crippen LogP) is 6.58. The maximum absolute atomic E-state index is 12.5. The monoisotopic (exact) mass is 456 g/mol. The largest absolute Gasteiger partial charge is 0.497 e. The molecule has 5 heteroatoms. The normalized spacial score (nSPS) is 11.7. The summed E-state index contributed by atoms with van der Waals surface area (Å²) in [5, 5.41) is 8.90. The molecule has 0 aliphatic rings. The van der Waals surface area contributed by atoms with Crippen LogP contribution in [-0.2, 0) is 4.74 Å². The minimum atomic E-state index is -0.228. The highest BCUT2D eigenvalue weighted by Crippen LogP contribution is 2.19. The molecular formula is C28H40O5. The summed E-state index contributed by atoms with van der Waals surface area (Å²) in [5.41, 5.74) is 0.612. The third-order valence-corrected chi connectivity index (χ3v) is 5.72. The molecule has 5 nitrogen and oxygen atoms in total. The summed E-state index contributed by atoms with van der Waals surface area (Å²) in [7, 11) is 1.66. The zero-order valence-electron chi connectivity index (χ0n) is 20.0. The Hall–Kier alpha value is -2.53. The first-order chi connectivity index (χ1) is 16.2. The number of aliphatic hydroxyl groups excluding tert-OH is 1. The van der Waals surface area contributed by atoms with Gasteiger partial charge in [0, 0.05) is 6.61 Å². The van der Waals surface area contributed by atoms with E-state index in [4.69, 9.17) is 19.3 Å². The SMILES string of the molecule is COc1ccc(OCCCCCCC(CCCCCCCO)OC(=O)c2ccccc2)cc1. The quantitative estimate of drug-likeness (QED) is 0.203. The minimum Gasteiger partial charge on any atom is -0.497 e. The van der Waals surface area contributed by atoms with Crippen LogP contribution in [-0.4, -0.2) is 37.5 Å². The molecule has 2 aromatic carbocycles. The van der Waals surface area contributed by atoms with Gasteiger partial charge in [-0.25, -0.2) is 4.79 Å². The Morgan fingerprint density at radius 3 is 1.97 bits per heavy atom. The number of ether oxygens (including phenoxy) is 3. The highest BCUT2D eigenvalue weighted by Gasteiger charge is 2.15. The number of unbranched alkanes of at least 4 members (excludes halogenated alkanes) is 7. The fraction of sp³-hybridized carbons (Fsp3) is 0.536. The number of aliphatic hydroxyl groups is 1. The van der Waals surface area contributed by atoms with Crippen molar-refractivity contribution >= 4 is 5.97 Å². The number of rotatable bonds is 18. The van der Waals surface area contributed by atoms with Crippen molar-refractivity contribution in [1.82, 2.24) is 0 Å². The Morgan fingerprint density at radius 2 is 1.33 bits per heavy atom. The topological polar surface area (TPSA) is 65.0 Å². The average Bonchev–Trinajstić information content (AvgIpc) is 2.86. The Bertz CT molecular complexity index is 745. The molecule has 0 fully saturated rings. The van der Waals surface area contributed by atoms with E-state index < -0.39 is 0 Å². The lowest BCUT2D eigenvalue weighted by Crippen LogP contribution is -2.18. The molecule has 2 aromatic rings. The third kappa shape index (κ3) is 11.8. The molecule has 0 saturated heterocycles. The Balaban J connectivity index is 1.65. The van der Waals surface area contributed by atoms with Gasteiger partial charge in [0.25, 0.3) is 0 Å². The van der Waals surface area contributed by atoms with Crippen molar-refractivity contribution in [3.05, 3.63) is 60.2 Å². The van der Waals surface area contributed by atoms with Gasteiger partial charge in [-0.15, -0.1) is 0 Å². The summed E-state index contributed by atoms with van der Waals surface area (Å²) >= 11 is 0. The Kier molecular flexibility index (Phi) is 13.8. The third-order valence-electron chi connectivity index (χ3n) is 5.72. The van der Waals surface area contributed by atoms with E-state index in [0.717, 1.165) is 82.1 Å². The Labute approximate surface area is 199 Å². The number of carbonyl (C=O) groups excluding carboxylic acids is 1. The van der Waals surface area contributed by atoms with E-state index in [-0.39, 0.29) is 18.7 Å². The maximum atomic E-state index is 12.5. The molecule has 0 heterocycles. The first-order valence-electron chi connectivity index (χ1n) is 12.4. The molecular weight excluding hydrogens is 416 g/mol.